The van der Waals surface area contributed by atoms with Crippen LogP contribution in [0.15, 0.2) is 42.5 Å². The van der Waals surface area contributed by atoms with Crippen LogP contribution in [-0.2, 0) is 4.79 Å². The Morgan fingerprint density at radius 3 is 2.16 bits per heavy atom. The molecule has 2 rings (SSSR count). The molecule has 2 aromatic rings. The second kappa shape index (κ2) is 8.06. The third-order valence-electron chi connectivity index (χ3n) is 3.82. The molecule has 0 saturated heterocycles. The predicted octanol–water partition coefficient (Wildman–Crippen LogP) is 4.75. The molecule has 0 aliphatic rings. The number of carbonyl (C=O) groups is 1. The minimum atomic E-state index is -0.437. The number of benzene rings is 2. The number of hydrogen-bond acceptors (Lipinski definition) is 3. The monoisotopic (exact) mass is 341 g/mol. The van der Waals surface area contributed by atoms with Gasteiger partial charge in [-0.2, -0.15) is 0 Å². The van der Waals surface area contributed by atoms with Gasteiger partial charge in [-0.15, -0.1) is 0 Å². The summed E-state index contributed by atoms with van der Waals surface area (Å²) in [5, 5.41) is 2.92. The van der Waals surface area contributed by atoms with Crippen molar-refractivity contribution in [3.05, 3.63) is 53.6 Å². The number of para-hydroxylation sites is 1. The van der Waals surface area contributed by atoms with E-state index in [0.717, 1.165) is 28.3 Å². The molecule has 25 heavy (non-hydrogen) atoms. The maximum Gasteiger partial charge on any atom is 0.229 e. The maximum absolute atomic E-state index is 12.1. The minimum absolute atomic E-state index is 0.0230. The van der Waals surface area contributed by atoms with Crippen LogP contribution in [-0.4, -0.2) is 19.1 Å². The van der Waals surface area contributed by atoms with Crippen LogP contribution in [0, 0.1) is 19.3 Å². The Labute approximate surface area is 150 Å². The lowest BCUT2D eigenvalue weighted by Crippen LogP contribution is -2.27. The molecule has 1 amide bonds. The van der Waals surface area contributed by atoms with E-state index in [-0.39, 0.29) is 5.91 Å². The van der Waals surface area contributed by atoms with Crippen molar-refractivity contribution in [1.29, 1.82) is 0 Å². The molecule has 0 aliphatic carbocycles. The first-order chi connectivity index (χ1) is 11.8. The molecule has 0 aliphatic heterocycles. The predicted molar refractivity (Wildman–Crippen MR) is 101 cm³/mol. The van der Waals surface area contributed by atoms with Gasteiger partial charge in [0.15, 0.2) is 0 Å². The number of aryl methyl sites for hydroxylation is 2. The Kier molecular flexibility index (Phi) is 6.07. The Morgan fingerprint density at radius 1 is 0.920 bits per heavy atom. The molecule has 2 aromatic carbocycles. The average molecular weight is 341 g/mol. The number of nitrogens with one attached hydrogen (secondary N) is 1. The van der Waals surface area contributed by atoms with Crippen LogP contribution < -0.4 is 14.8 Å². The summed E-state index contributed by atoms with van der Waals surface area (Å²) < 4.78 is 11.6. The fourth-order valence-corrected chi connectivity index (χ4v) is 2.17. The van der Waals surface area contributed by atoms with Crippen LogP contribution in [0.1, 0.15) is 31.9 Å². The Hall–Kier alpha value is -2.49. The molecule has 4 nitrogen and oxygen atoms in total. The molecule has 1 N–H and O–H groups in total. The van der Waals surface area contributed by atoms with Gasteiger partial charge in [-0.3, -0.25) is 4.79 Å². The molecular formula is C21H27NO3. The molecule has 4 heteroatoms. The normalized spacial score (nSPS) is 11.1. The molecule has 0 radical (unpaired) electrons. The molecule has 0 spiro atoms. The molecular weight excluding hydrogens is 314 g/mol. The SMILES string of the molecule is Cc1ccccc1OCCOc1cc(NC(=O)C(C)(C)C)ccc1C. The first-order valence-corrected chi connectivity index (χ1v) is 8.51. The number of rotatable bonds is 6. The van der Waals surface area contributed by atoms with Crippen LogP contribution in [0.5, 0.6) is 11.5 Å². The number of carbonyl (C=O) groups excluding carboxylic acids is 1. The lowest BCUT2D eigenvalue weighted by molar-refractivity contribution is -0.123. The highest BCUT2D eigenvalue weighted by Gasteiger charge is 2.21. The van der Waals surface area contributed by atoms with Gasteiger partial charge in [-0.25, -0.2) is 0 Å². The maximum atomic E-state index is 12.1. The van der Waals surface area contributed by atoms with Crippen LogP contribution in [0.3, 0.4) is 0 Å². The summed E-state index contributed by atoms with van der Waals surface area (Å²) in [4.78, 5) is 12.1. The van der Waals surface area contributed by atoms with E-state index in [1.165, 1.54) is 0 Å². The Balaban J connectivity index is 1.92. The van der Waals surface area contributed by atoms with Gasteiger partial charge in [0.1, 0.15) is 24.7 Å². The van der Waals surface area contributed by atoms with Crippen LogP contribution in [0.2, 0.25) is 0 Å². The largest absolute Gasteiger partial charge is 0.490 e. The van der Waals surface area contributed by atoms with Crippen molar-refractivity contribution in [1.82, 2.24) is 0 Å². The fourth-order valence-electron chi connectivity index (χ4n) is 2.17. The van der Waals surface area contributed by atoms with Crippen molar-refractivity contribution in [3.8, 4) is 11.5 Å². The Morgan fingerprint density at radius 2 is 1.52 bits per heavy atom. The highest BCUT2D eigenvalue weighted by molar-refractivity contribution is 5.94. The topological polar surface area (TPSA) is 47.6 Å². The van der Waals surface area contributed by atoms with E-state index in [9.17, 15) is 4.79 Å². The summed E-state index contributed by atoms with van der Waals surface area (Å²) in [5.74, 6) is 1.60. The first kappa shape index (κ1) is 18.8. The van der Waals surface area contributed by atoms with E-state index in [0.29, 0.717) is 13.2 Å². The van der Waals surface area contributed by atoms with Gasteiger partial charge in [0, 0.05) is 17.2 Å². The van der Waals surface area contributed by atoms with Gasteiger partial charge in [-0.05, 0) is 37.1 Å². The van der Waals surface area contributed by atoms with Crippen molar-refractivity contribution in [2.24, 2.45) is 5.41 Å². The minimum Gasteiger partial charge on any atom is -0.490 e. The van der Waals surface area contributed by atoms with Crippen molar-refractivity contribution in [2.75, 3.05) is 18.5 Å². The van der Waals surface area contributed by atoms with Crippen LogP contribution in [0.4, 0.5) is 5.69 Å². The zero-order chi connectivity index (χ0) is 18.4. The standard InChI is InChI=1S/C21H27NO3/c1-15-8-6-7-9-18(15)24-12-13-25-19-14-17(11-10-16(19)2)22-20(23)21(3,4)5/h6-11,14H,12-13H2,1-5H3,(H,22,23). The van der Waals surface area contributed by atoms with E-state index in [4.69, 9.17) is 9.47 Å². The van der Waals surface area contributed by atoms with Gasteiger partial charge in [0.2, 0.25) is 5.91 Å². The number of ether oxygens (including phenoxy) is 2. The fraction of sp³-hybridized carbons (Fsp3) is 0.381. The van der Waals surface area contributed by atoms with E-state index in [2.05, 4.69) is 5.32 Å². The van der Waals surface area contributed by atoms with Crippen molar-refractivity contribution in [3.63, 3.8) is 0 Å². The molecule has 0 atom stereocenters. The molecule has 0 saturated carbocycles. The zero-order valence-electron chi connectivity index (χ0n) is 15.7. The van der Waals surface area contributed by atoms with E-state index in [1.54, 1.807) is 0 Å². The summed E-state index contributed by atoms with van der Waals surface area (Å²) in [6, 6.07) is 13.6. The van der Waals surface area contributed by atoms with Crippen LogP contribution >= 0.6 is 0 Å². The molecule has 0 unspecified atom stereocenters. The summed E-state index contributed by atoms with van der Waals surface area (Å²) in [6.45, 7) is 10.5. The summed E-state index contributed by atoms with van der Waals surface area (Å²) in [6.07, 6.45) is 0. The van der Waals surface area contributed by atoms with Crippen molar-refractivity contribution >= 4 is 11.6 Å². The second-order valence-corrected chi connectivity index (χ2v) is 7.15. The first-order valence-electron chi connectivity index (χ1n) is 8.51. The third kappa shape index (κ3) is 5.52. The van der Waals surface area contributed by atoms with Gasteiger partial charge in [0.05, 0.1) is 0 Å². The number of amides is 1. The molecule has 0 fully saturated rings. The van der Waals surface area contributed by atoms with E-state index < -0.39 is 5.41 Å². The summed E-state index contributed by atoms with van der Waals surface area (Å²) in [5.41, 5.74) is 2.42. The van der Waals surface area contributed by atoms with Gasteiger partial charge < -0.3 is 14.8 Å². The smallest absolute Gasteiger partial charge is 0.229 e. The molecule has 134 valence electrons. The van der Waals surface area contributed by atoms with E-state index >= 15 is 0 Å². The lowest BCUT2D eigenvalue weighted by atomic mass is 9.95. The quantitative estimate of drug-likeness (QED) is 0.772. The van der Waals surface area contributed by atoms with E-state index in [1.807, 2.05) is 77.1 Å². The molecule has 0 heterocycles. The average Bonchev–Trinajstić information content (AvgIpc) is 2.55. The Bertz CT molecular complexity index is 732. The van der Waals surface area contributed by atoms with Gasteiger partial charge >= 0.3 is 0 Å². The number of anilines is 1. The third-order valence-corrected chi connectivity index (χ3v) is 3.82. The molecule has 0 bridgehead atoms. The van der Waals surface area contributed by atoms with Crippen molar-refractivity contribution < 1.29 is 14.3 Å². The highest BCUT2D eigenvalue weighted by Crippen LogP contribution is 2.25. The summed E-state index contributed by atoms with van der Waals surface area (Å²) in [7, 11) is 0. The molecule has 0 aromatic heterocycles. The second-order valence-electron chi connectivity index (χ2n) is 7.15. The van der Waals surface area contributed by atoms with Gasteiger partial charge in [-0.1, -0.05) is 45.0 Å². The van der Waals surface area contributed by atoms with Crippen LogP contribution in [0.25, 0.3) is 0 Å². The lowest BCUT2D eigenvalue weighted by Gasteiger charge is -2.18. The highest BCUT2D eigenvalue weighted by atomic mass is 16.5. The zero-order valence-corrected chi connectivity index (χ0v) is 15.7. The van der Waals surface area contributed by atoms with Gasteiger partial charge in [0.25, 0.3) is 0 Å². The summed E-state index contributed by atoms with van der Waals surface area (Å²) >= 11 is 0. The number of hydrogen-bond donors (Lipinski definition) is 1. The van der Waals surface area contributed by atoms with Crippen molar-refractivity contribution in [2.45, 2.75) is 34.6 Å².